The highest BCUT2D eigenvalue weighted by Crippen LogP contribution is 2.19. The Morgan fingerprint density at radius 1 is 1.29 bits per heavy atom. The fourth-order valence-electron chi connectivity index (χ4n) is 1.15. The largest absolute Gasteiger partial charge is 0.382 e. The molecule has 0 fully saturated rings. The molecular formula is C10H18N4. The van der Waals surface area contributed by atoms with Crippen LogP contribution in [0, 0.1) is 0 Å². The minimum Gasteiger partial charge on any atom is -0.382 e. The van der Waals surface area contributed by atoms with Crippen LogP contribution in [-0.4, -0.2) is 15.7 Å². The minimum absolute atomic E-state index is 0.0881. The Labute approximate surface area is 84.9 Å². The molecule has 0 aliphatic carbocycles. The van der Waals surface area contributed by atoms with E-state index in [1.807, 2.05) is 6.07 Å². The summed E-state index contributed by atoms with van der Waals surface area (Å²) in [6, 6.07) is 3.60. The lowest BCUT2D eigenvalue weighted by Gasteiger charge is -2.28. The third-order valence-corrected chi connectivity index (χ3v) is 2.68. The second kappa shape index (κ2) is 4.26. The fourth-order valence-corrected chi connectivity index (χ4v) is 1.15. The zero-order valence-corrected chi connectivity index (χ0v) is 9.04. The maximum absolute atomic E-state index is 5.45. The lowest BCUT2D eigenvalue weighted by Crippen LogP contribution is -2.33. The molecule has 1 aromatic heterocycles. The molecule has 0 aliphatic heterocycles. The van der Waals surface area contributed by atoms with E-state index in [2.05, 4.69) is 36.3 Å². The predicted molar refractivity (Wildman–Crippen MR) is 59.1 cm³/mol. The molecule has 0 amide bonds. The van der Waals surface area contributed by atoms with Gasteiger partial charge in [0.2, 0.25) is 0 Å². The molecule has 4 nitrogen and oxygen atoms in total. The fraction of sp³-hybridized carbons (Fsp3) is 0.600. The molecule has 0 atom stereocenters. The van der Waals surface area contributed by atoms with Crippen molar-refractivity contribution in [1.29, 1.82) is 0 Å². The third-order valence-electron chi connectivity index (χ3n) is 2.68. The van der Waals surface area contributed by atoms with Crippen molar-refractivity contribution in [2.24, 2.45) is 0 Å². The van der Waals surface area contributed by atoms with Crippen molar-refractivity contribution in [3.63, 3.8) is 0 Å². The summed E-state index contributed by atoms with van der Waals surface area (Å²) in [5.41, 5.74) is 5.54. The number of anilines is 2. The van der Waals surface area contributed by atoms with Crippen LogP contribution in [0.15, 0.2) is 12.1 Å². The van der Waals surface area contributed by atoms with Gasteiger partial charge in [-0.15, -0.1) is 10.2 Å². The van der Waals surface area contributed by atoms with Crippen molar-refractivity contribution in [2.75, 3.05) is 11.1 Å². The van der Waals surface area contributed by atoms with E-state index in [0.29, 0.717) is 5.82 Å². The van der Waals surface area contributed by atoms with Crippen molar-refractivity contribution in [3.8, 4) is 0 Å². The number of nitrogen functional groups attached to an aromatic ring is 1. The van der Waals surface area contributed by atoms with Crippen molar-refractivity contribution in [1.82, 2.24) is 10.2 Å². The first-order valence-corrected chi connectivity index (χ1v) is 4.97. The van der Waals surface area contributed by atoms with Crippen LogP contribution in [0.25, 0.3) is 0 Å². The first kappa shape index (κ1) is 10.8. The molecule has 0 unspecified atom stereocenters. The Kier molecular flexibility index (Phi) is 3.28. The Balaban J connectivity index is 2.72. The summed E-state index contributed by atoms with van der Waals surface area (Å²) in [7, 11) is 0. The van der Waals surface area contributed by atoms with Gasteiger partial charge in [-0.1, -0.05) is 13.8 Å². The van der Waals surface area contributed by atoms with Crippen molar-refractivity contribution in [3.05, 3.63) is 12.1 Å². The SMILES string of the molecule is CCC(C)(CC)Nc1ccc(N)nn1. The summed E-state index contributed by atoms with van der Waals surface area (Å²) in [6.07, 6.45) is 2.10. The Morgan fingerprint density at radius 2 is 1.93 bits per heavy atom. The molecule has 0 spiro atoms. The van der Waals surface area contributed by atoms with Crippen molar-refractivity contribution >= 4 is 11.6 Å². The van der Waals surface area contributed by atoms with Gasteiger partial charge in [-0.25, -0.2) is 0 Å². The number of aromatic nitrogens is 2. The molecule has 1 aromatic rings. The van der Waals surface area contributed by atoms with E-state index in [1.165, 1.54) is 0 Å². The van der Waals surface area contributed by atoms with E-state index in [4.69, 9.17) is 5.73 Å². The van der Waals surface area contributed by atoms with Crippen LogP contribution in [0.1, 0.15) is 33.6 Å². The number of rotatable bonds is 4. The van der Waals surface area contributed by atoms with Gasteiger partial charge in [0, 0.05) is 5.54 Å². The third kappa shape index (κ3) is 2.58. The summed E-state index contributed by atoms with van der Waals surface area (Å²) in [5.74, 6) is 1.23. The molecule has 78 valence electrons. The molecule has 0 aromatic carbocycles. The highest BCUT2D eigenvalue weighted by molar-refractivity contribution is 5.40. The minimum atomic E-state index is 0.0881. The molecule has 0 radical (unpaired) electrons. The Morgan fingerprint density at radius 3 is 2.36 bits per heavy atom. The molecule has 3 N–H and O–H groups in total. The summed E-state index contributed by atoms with van der Waals surface area (Å²) < 4.78 is 0. The van der Waals surface area contributed by atoms with Crippen LogP contribution in [0.3, 0.4) is 0 Å². The first-order chi connectivity index (χ1) is 6.59. The zero-order valence-electron chi connectivity index (χ0n) is 9.04. The molecule has 0 aliphatic rings. The summed E-state index contributed by atoms with van der Waals surface area (Å²) in [4.78, 5) is 0. The van der Waals surface area contributed by atoms with Gasteiger partial charge in [0.05, 0.1) is 0 Å². The Hall–Kier alpha value is -1.32. The summed E-state index contributed by atoms with van der Waals surface area (Å²) in [6.45, 7) is 6.48. The zero-order chi connectivity index (χ0) is 10.6. The van der Waals surface area contributed by atoms with Gasteiger partial charge in [0.25, 0.3) is 0 Å². The highest BCUT2D eigenvalue weighted by atomic mass is 15.2. The second-order valence-electron chi connectivity index (χ2n) is 3.74. The topological polar surface area (TPSA) is 63.8 Å². The van der Waals surface area contributed by atoms with Gasteiger partial charge >= 0.3 is 0 Å². The van der Waals surface area contributed by atoms with Crippen molar-refractivity contribution in [2.45, 2.75) is 39.2 Å². The summed E-state index contributed by atoms with van der Waals surface area (Å²) >= 11 is 0. The average Bonchev–Trinajstić information content (AvgIpc) is 2.21. The molecule has 4 heteroatoms. The second-order valence-corrected chi connectivity index (χ2v) is 3.74. The van der Waals surface area contributed by atoms with Gasteiger partial charge in [-0.05, 0) is 31.9 Å². The van der Waals surface area contributed by atoms with Crippen LogP contribution in [-0.2, 0) is 0 Å². The van der Waals surface area contributed by atoms with E-state index in [-0.39, 0.29) is 5.54 Å². The van der Waals surface area contributed by atoms with Gasteiger partial charge < -0.3 is 11.1 Å². The number of hydrogen-bond donors (Lipinski definition) is 2. The van der Waals surface area contributed by atoms with E-state index < -0.39 is 0 Å². The normalized spacial score (nSPS) is 11.4. The number of hydrogen-bond acceptors (Lipinski definition) is 4. The number of nitrogens with one attached hydrogen (secondary N) is 1. The van der Waals surface area contributed by atoms with Crippen molar-refractivity contribution < 1.29 is 0 Å². The lowest BCUT2D eigenvalue weighted by molar-refractivity contribution is 0.476. The predicted octanol–water partition coefficient (Wildman–Crippen LogP) is 2.05. The van der Waals surface area contributed by atoms with E-state index in [0.717, 1.165) is 18.7 Å². The van der Waals surface area contributed by atoms with Crippen LogP contribution in [0.2, 0.25) is 0 Å². The molecular weight excluding hydrogens is 176 g/mol. The van der Waals surface area contributed by atoms with Gasteiger partial charge in [0.15, 0.2) is 0 Å². The number of nitrogens with two attached hydrogens (primary N) is 1. The van der Waals surface area contributed by atoms with E-state index in [9.17, 15) is 0 Å². The standard InChI is InChI=1S/C10H18N4/c1-4-10(3,5-2)12-9-7-6-8(11)13-14-9/h6-7H,4-5H2,1-3H3,(H2,11,13)(H,12,14). The van der Waals surface area contributed by atoms with E-state index >= 15 is 0 Å². The molecule has 0 bridgehead atoms. The maximum Gasteiger partial charge on any atom is 0.149 e. The van der Waals surface area contributed by atoms with Crippen LogP contribution >= 0.6 is 0 Å². The van der Waals surface area contributed by atoms with Crippen LogP contribution in [0.5, 0.6) is 0 Å². The molecule has 0 saturated carbocycles. The van der Waals surface area contributed by atoms with Gasteiger partial charge in [0.1, 0.15) is 11.6 Å². The van der Waals surface area contributed by atoms with Crippen LogP contribution < -0.4 is 11.1 Å². The molecule has 1 heterocycles. The maximum atomic E-state index is 5.45. The van der Waals surface area contributed by atoms with E-state index in [1.54, 1.807) is 6.07 Å². The molecule has 0 saturated heterocycles. The quantitative estimate of drug-likeness (QED) is 0.770. The average molecular weight is 194 g/mol. The lowest BCUT2D eigenvalue weighted by atomic mass is 9.96. The number of nitrogens with zero attached hydrogens (tertiary/aromatic N) is 2. The smallest absolute Gasteiger partial charge is 0.149 e. The highest BCUT2D eigenvalue weighted by Gasteiger charge is 2.19. The monoisotopic (exact) mass is 194 g/mol. The molecule has 14 heavy (non-hydrogen) atoms. The Bertz CT molecular complexity index is 277. The first-order valence-electron chi connectivity index (χ1n) is 4.97. The summed E-state index contributed by atoms with van der Waals surface area (Å²) in [5, 5.41) is 11.1. The molecule has 1 rings (SSSR count). The van der Waals surface area contributed by atoms with Gasteiger partial charge in [-0.2, -0.15) is 0 Å². The van der Waals surface area contributed by atoms with Gasteiger partial charge in [-0.3, -0.25) is 0 Å². The van der Waals surface area contributed by atoms with Crippen LogP contribution in [0.4, 0.5) is 11.6 Å².